The van der Waals surface area contributed by atoms with Gasteiger partial charge in [-0.2, -0.15) is 0 Å². The van der Waals surface area contributed by atoms with Gasteiger partial charge in [0, 0.05) is 19.1 Å². The quantitative estimate of drug-likeness (QED) is 0.863. The number of nitrogens with zero attached hydrogens (tertiary/aromatic N) is 1. The lowest BCUT2D eigenvalue weighted by atomic mass is 9.74. The summed E-state index contributed by atoms with van der Waals surface area (Å²) < 4.78 is 10.7. The van der Waals surface area contributed by atoms with Gasteiger partial charge in [0.05, 0.1) is 20.1 Å². The van der Waals surface area contributed by atoms with Gasteiger partial charge in [-0.25, -0.2) is 0 Å². The van der Waals surface area contributed by atoms with Crippen molar-refractivity contribution in [3.63, 3.8) is 0 Å². The third kappa shape index (κ3) is 4.79. The van der Waals surface area contributed by atoms with Crippen molar-refractivity contribution < 1.29 is 14.3 Å². The van der Waals surface area contributed by atoms with Crippen LogP contribution in [0, 0.1) is 12.8 Å². The Kier molecular flexibility index (Phi) is 7.57. The van der Waals surface area contributed by atoms with Gasteiger partial charge < -0.3 is 20.1 Å². The largest absolute Gasteiger partial charge is 0.493 e. The Bertz CT molecular complexity index is 605. The van der Waals surface area contributed by atoms with Crippen molar-refractivity contribution in [2.75, 3.05) is 21.3 Å². The lowest BCUT2D eigenvalue weighted by Crippen LogP contribution is -2.53. The number of rotatable bonds is 5. The van der Waals surface area contributed by atoms with Gasteiger partial charge in [0.1, 0.15) is 0 Å². The van der Waals surface area contributed by atoms with Crippen LogP contribution in [0.1, 0.15) is 43.7 Å². The normalized spacial score (nSPS) is 22.7. The molecule has 0 bridgehead atoms. The predicted molar refractivity (Wildman–Crippen MR) is 103 cm³/mol. The van der Waals surface area contributed by atoms with E-state index >= 15 is 0 Å². The highest BCUT2D eigenvalue weighted by atomic mass is 35.5. The fraction of sp³-hybridized carbons (Fsp3) is 0.632. The Morgan fingerprint density at radius 1 is 1.28 bits per heavy atom. The predicted octanol–water partition coefficient (Wildman–Crippen LogP) is 3.30. The van der Waals surface area contributed by atoms with Crippen LogP contribution < -0.4 is 15.2 Å². The number of halogens is 1. The molecule has 2 atom stereocenters. The second kappa shape index (κ2) is 8.77. The Balaban J connectivity index is 0.00000312. The monoisotopic (exact) mass is 370 g/mol. The summed E-state index contributed by atoms with van der Waals surface area (Å²) in [5, 5.41) is 0. The number of hydrogen-bond acceptors (Lipinski definition) is 4. The van der Waals surface area contributed by atoms with Crippen molar-refractivity contribution in [1.29, 1.82) is 0 Å². The van der Waals surface area contributed by atoms with Crippen LogP contribution in [0.2, 0.25) is 0 Å². The van der Waals surface area contributed by atoms with E-state index in [0.717, 1.165) is 36.8 Å². The maximum atomic E-state index is 12.9. The topological polar surface area (TPSA) is 64.8 Å². The van der Waals surface area contributed by atoms with Gasteiger partial charge in [0.25, 0.3) is 0 Å². The number of carbonyl (C=O) groups excluding carboxylic acids is 1. The second-order valence-corrected chi connectivity index (χ2v) is 7.13. The van der Waals surface area contributed by atoms with E-state index in [9.17, 15) is 4.79 Å². The van der Waals surface area contributed by atoms with E-state index in [0.29, 0.717) is 18.0 Å². The first-order chi connectivity index (χ1) is 11.3. The third-order valence-electron chi connectivity index (χ3n) is 5.18. The molecule has 1 fully saturated rings. The molecule has 2 unspecified atom stereocenters. The highest BCUT2D eigenvalue weighted by molar-refractivity contribution is 5.85. The van der Waals surface area contributed by atoms with Gasteiger partial charge in [0.2, 0.25) is 5.91 Å². The molecule has 2 rings (SSSR count). The standard InChI is InChI=1S/C19H30N2O3.ClH/c1-13-10-16(23-4)17(24-5)11-14(13)12-21(3)18(22)15-8-6-7-9-19(15,2)20;/h10-11,15H,6-9,12,20H2,1-5H3;1H. The van der Waals surface area contributed by atoms with Crippen LogP contribution in [0.4, 0.5) is 0 Å². The summed E-state index contributed by atoms with van der Waals surface area (Å²) >= 11 is 0. The number of methoxy groups -OCH3 is 2. The number of nitrogens with two attached hydrogens (primary N) is 1. The molecular weight excluding hydrogens is 340 g/mol. The number of amides is 1. The van der Waals surface area contributed by atoms with E-state index in [4.69, 9.17) is 15.2 Å². The van der Waals surface area contributed by atoms with Gasteiger partial charge in [-0.3, -0.25) is 4.79 Å². The minimum absolute atomic E-state index is 0. The molecule has 142 valence electrons. The molecule has 5 nitrogen and oxygen atoms in total. The lowest BCUT2D eigenvalue weighted by molar-refractivity contribution is -0.138. The second-order valence-electron chi connectivity index (χ2n) is 7.13. The molecule has 1 saturated carbocycles. The van der Waals surface area contributed by atoms with Crippen LogP contribution in [-0.4, -0.2) is 37.6 Å². The van der Waals surface area contributed by atoms with Crippen molar-refractivity contribution in [3.05, 3.63) is 23.3 Å². The molecule has 1 amide bonds. The van der Waals surface area contributed by atoms with Crippen molar-refractivity contribution in [3.8, 4) is 11.5 Å². The zero-order chi connectivity index (χ0) is 17.9. The van der Waals surface area contributed by atoms with E-state index in [1.54, 1.807) is 19.1 Å². The maximum absolute atomic E-state index is 12.9. The molecule has 1 aromatic carbocycles. The molecule has 6 heteroatoms. The van der Waals surface area contributed by atoms with Crippen molar-refractivity contribution in [2.45, 2.75) is 51.6 Å². The number of hydrogen-bond donors (Lipinski definition) is 1. The zero-order valence-electron chi connectivity index (χ0n) is 15.9. The number of benzene rings is 1. The average molecular weight is 371 g/mol. The molecule has 0 aromatic heterocycles. The summed E-state index contributed by atoms with van der Waals surface area (Å²) in [6.07, 6.45) is 3.97. The van der Waals surface area contributed by atoms with Crippen LogP contribution in [-0.2, 0) is 11.3 Å². The number of aryl methyl sites for hydroxylation is 1. The fourth-order valence-corrected chi connectivity index (χ4v) is 3.56. The summed E-state index contributed by atoms with van der Waals surface area (Å²) in [6.45, 7) is 4.56. The van der Waals surface area contributed by atoms with Crippen molar-refractivity contribution in [2.24, 2.45) is 11.7 Å². The molecule has 0 saturated heterocycles. The van der Waals surface area contributed by atoms with Gasteiger partial charge in [-0.1, -0.05) is 12.8 Å². The van der Waals surface area contributed by atoms with E-state index in [1.165, 1.54) is 0 Å². The fourth-order valence-electron chi connectivity index (χ4n) is 3.56. The van der Waals surface area contributed by atoms with Gasteiger partial charge in [-0.15, -0.1) is 12.4 Å². The molecule has 1 aromatic rings. The smallest absolute Gasteiger partial charge is 0.227 e. The van der Waals surface area contributed by atoms with Crippen molar-refractivity contribution >= 4 is 18.3 Å². The SMILES string of the molecule is COc1cc(C)c(CN(C)C(=O)C2CCCCC2(C)N)cc1OC.Cl. The molecule has 1 aliphatic carbocycles. The minimum atomic E-state index is -0.407. The first kappa shape index (κ1) is 21.6. The van der Waals surface area contributed by atoms with E-state index < -0.39 is 5.54 Å². The lowest BCUT2D eigenvalue weighted by Gasteiger charge is -2.39. The first-order valence-corrected chi connectivity index (χ1v) is 8.55. The van der Waals surface area contributed by atoms with Gasteiger partial charge in [0.15, 0.2) is 11.5 Å². The van der Waals surface area contributed by atoms with Crippen molar-refractivity contribution in [1.82, 2.24) is 4.90 Å². The summed E-state index contributed by atoms with van der Waals surface area (Å²) in [5.74, 6) is 1.42. The van der Waals surface area contributed by atoms with Crippen LogP contribution in [0.5, 0.6) is 11.5 Å². The molecule has 0 radical (unpaired) electrons. The Morgan fingerprint density at radius 3 is 2.44 bits per heavy atom. The van der Waals surface area contributed by atoms with Gasteiger partial charge >= 0.3 is 0 Å². The molecule has 25 heavy (non-hydrogen) atoms. The maximum Gasteiger partial charge on any atom is 0.227 e. The summed E-state index contributed by atoms with van der Waals surface area (Å²) in [4.78, 5) is 14.7. The third-order valence-corrected chi connectivity index (χ3v) is 5.18. The molecule has 1 aliphatic rings. The molecular formula is C19H31ClN2O3. The summed E-state index contributed by atoms with van der Waals surface area (Å²) in [6, 6.07) is 3.89. The molecule has 2 N–H and O–H groups in total. The zero-order valence-corrected chi connectivity index (χ0v) is 16.7. The minimum Gasteiger partial charge on any atom is -0.493 e. The Hall–Kier alpha value is -1.46. The first-order valence-electron chi connectivity index (χ1n) is 8.55. The molecule has 0 spiro atoms. The van der Waals surface area contributed by atoms with Crippen LogP contribution in [0.3, 0.4) is 0 Å². The summed E-state index contributed by atoms with van der Waals surface area (Å²) in [5.41, 5.74) is 8.11. The van der Waals surface area contributed by atoms with Crippen LogP contribution in [0.25, 0.3) is 0 Å². The van der Waals surface area contributed by atoms with Gasteiger partial charge in [-0.05, 0) is 49.9 Å². The van der Waals surface area contributed by atoms with Crippen LogP contribution in [0.15, 0.2) is 12.1 Å². The molecule has 0 heterocycles. The van der Waals surface area contributed by atoms with Crippen LogP contribution >= 0.6 is 12.4 Å². The van der Waals surface area contributed by atoms with E-state index in [1.807, 2.05) is 33.0 Å². The number of carbonyl (C=O) groups is 1. The highest BCUT2D eigenvalue weighted by Crippen LogP contribution is 2.34. The average Bonchev–Trinajstić information content (AvgIpc) is 2.55. The highest BCUT2D eigenvalue weighted by Gasteiger charge is 2.39. The summed E-state index contributed by atoms with van der Waals surface area (Å²) in [7, 11) is 5.09. The Labute approximate surface area is 157 Å². The Morgan fingerprint density at radius 2 is 1.88 bits per heavy atom. The van der Waals surface area contributed by atoms with E-state index in [-0.39, 0.29) is 24.2 Å². The molecule has 0 aliphatic heterocycles. The number of ether oxygens (including phenoxy) is 2. The van der Waals surface area contributed by atoms with E-state index in [2.05, 4.69) is 0 Å².